The van der Waals surface area contributed by atoms with Crippen molar-refractivity contribution in [2.24, 2.45) is 5.92 Å². The van der Waals surface area contributed by atoms with Crippen molar-refractivity contribution in [2.75, 3.05) is 23.7 Å². The van der Waals surface area contributed by atoms with Crippen LogP contribution in [0, 0.1) is 5.92 Å². The van der Waals surface area contributed by atoms with Crippen molar-refractivity contribution in [3.8, 4) is 5.75 Å². The number of carbonyl (C=O) groups excluding carboxylic acids is 2. The predicted octanol–water partition coefficient (Wildman–Crippen LogP) is 3.32. The van der Waals surface area contributed by atoms with Crippen LogP contribution < -0.4 is 26.0 Å². The standard InChI is InChI=1S/C21H25F3N6O3/c22-21(23,24)33-16-7-5-15(6-8-16)27-20(32)29-17-12-30(11-13-1-2-13)18(28-17)19(31)26-10-9-25-14-3-4-14/h5-8,12-14,25H,1-4,9-11H2,(H,26,31)(H2,27,29,32). The minimum absolute atomic E-state index is 0.200. The molecule has 12 heteroatoms. The second-order valence-corrected chi connectivity index (χ2v) is 8.18. The maximum Gasteiger partial charge on any atom is 0.573 e. The van der Waals surface area contributed by atoms with E-state index in [1.54, 1.807) is 10.8 Å². The lowest BCUT2D eigenvalue weighted by Crippen LogP contribution is -2.34. The summed E-state index contributed by atoms with van der Waals surface area (Å²) in [5.74, 6) is 0.197. The van der Waals surface area contributed by atoms with E-state index in [-0.39, 0.29) is 23.2 Å². The fraction of sp³-hybridized carbons (Fsp3) is 0.476. The summed E-state index contributed by atoms with van der Waals surface area (Å²) in [5.41, 5.74) is 0.264. The van der Waals surface area contributed by atoms with Crippen LogP contribution in [-0.2, 0) is 6.54 Å². The monoisotopic (exact) mass is 466 g/mol. The van der Waals surface area contributed by atoms with Crippen LogP contribution in [0.5, 0.6) is 5.75 Å². The molecular formula is C21H25F3N6O3. The van der Waals surface area contributed by atoms with E-state index < -0.39 is 18.1 Å². The van der Waals surface area contributed by atoms with Crippen LogP contribution in [0.2, 0.25) is 0 Å². The van der Waals surface area contributed by atoms with Crippen LogP contribution in [0.1, 0.15) is 36.3 Å². The van der Waals surface area contributed by atoms with E-state index in [0.29, 0.717) is 31.6 Å². The lowest BCUT2D eigenvalue weighted by Gasteiger charge is -2.10. The number of amides is 3. The molecule has 178 valence electrons. The molecule has 2 aliphatic carbocycles. The molecule has 2 fully saturated rings. The van der Waals surface area contributed by atoms with Gasteiger partial charge in [-0.1, -0.05) is 0 Å². The Morgan fingerprint density at radius 1 is 1.06 bits per heavy atom. The number of nitrogens with one attached hydrogen (secondary N) is 4. The van der Waals surface area contributed by atoms with Crippen molar-refractivity contribution in [3.05, 3.63) is 36.3 Å². The number of halogens is 3. The van der Waals surface area contributed by atoms with Crippen LogP contribution in [0.25, 0.3) is 0 Å². The Bertz CT molecular complexity index is 984. The third-order valence-corrected chi connectivity index (χ3v) is 5.14. The van der Waals surface area contributed by atoms with Crippen molar-refractivity contribution in [3.63, 3.8) is 0 Å². The quantitative estimate of drug-likeness (QED) is 0.402. The number of carbonyl (C=O) groups is 2. The topological polar surface area (TPSA) is 109 Å². The molecule has 33 heavy (non-hydrogen) atoms. The number of hydrogen-bond acceptors (Lipinski definition) is 5. The molecule has 0 unspecified atom stereocenters. The number of ether oxygens (including phenoxy) is 1. The number of imidazole rings is 1. The van der Waals surface area contributed by atoms with Gasteiger partial charge >= 0.3 is 12.4 Å². The summed E-state index contributed by atoms with van der Waals surface area (Å²) >= 11 is 0. The molecule has 1 aromatic carbocycles. The Kier molecular flexibility index (Phi) is 6.72. The first-order valence-corrected chi connectivity index (χ1v) is 10.8. The van der Waals surface area contributed by atoms with Crippen molar-refractivity contribution in [2.45, 2.75) is 44.6 Å². The van der Waals surface area contributed by atoms with Gasteiger partial charge in [0.2, 0.25) is 5.82 Å². The van der Waals surface area contributed by atoms with E-state index in [1.807, 2.05) is 0 Å². The summed E-state index contributed by atoms with van der Waals surface area (Å²) in [6, 6.07) is 4.65. The molecular weight excluding hydrogens is 441 g/mol. The van der Waals surface area contributed by atoms with Gasteiger partial charge in [-0.05, 0) is 55.9 Å². The Balaban J connectivity index is 1.33. The Morgan fingerprint density at radius 2 is 1.79 bits per heavy atom. The Labute approximate surface area is 188 Å². The van der Waals surface area contributed by atoms with Crippen molar-refractivity contribution >= 4 is 23.4 Å². The van der Waals surface area contributed by atoms with Gasteiger partial charge in [0.15, 0.2) is 5.82 Å². The number of anilines is 2. The van der Waals surface area contributed by atoms with Crippen LogP contribution in [0.3, 0.4) is 0 Å². The first-order chi connectivity index (χ1) is 15.7. The molecule has 0 bridgehead atoms. The highest BCUT2D eigenvalue weighted by Gasteiger charge is 2.31. The summed E-state index contributed by atoms with van der Waals surface area (Å²) in [4.78, 5) is 29.2. The molecule has 0 aliphatic heterocycles. The summed E-state index contributed by atoms with van der Waals surface area (Å²) in [5, 5.41) is 11.2. The molecule has 1 heterocycles. The van der Waals surface area contributed by atoms with E-state index >= 15 is 0 Å². The van der Waals surface area contributed by atoms with Gasteiger partial charge in [0.05, 0.1) is 0 Å². The van der Waals surface area contributed by atoms with Gasteiger partial charge in [-0.25, -0.2) is 9.78 Å². The number of urea groups is 1. The molecule has 2 saturated carbocycles. The van der Waals surface area contributed by atoms with Gasteiger partial charge in [0.25, 0.3) is 5.91 Å². The molecule has 9 nitrogen and oxygen atoms in total. The van der Waals surface area contributed by atoms with E-state index in [9.17, 15) is 22.8 Å². The molecule has 0 spiro atoms. The van der Waals surface area contributed by atoms with Crippen molar-refractivity contribution < 1.29 is 27.5 Å². The van der Waals surface area contributed by atoms with Crippen LogP contribution >= 0.6 is 0 Å². The maximum atomic E-state index is 12.6. The van der Waals surface area contributed by atoms with Gasteiger partial charge in [0, 0.05) is 37.6 Å². The van der Waals surface area contributed by atoms with Crippen LogP contribution in [0.15, 0.2) is 30.5 Å². The van der Waals surface area contributed by atoms with Crippen molar-refractivity contribution in [1.29, 1.82) is 0 Å². The van der Waals surface area contributed by atoms with Gasteiger partial charge in [0.1, 0.15) is 5.75 Å². The number of benzene rings is 1. The Morgan fingerprint density at radius 3 is 2.42 bits per heavy atom. The molecule has 2 aliphatic rings. The lowest BCUT2D eigenvalue weighted by molar-refractivity contribution is -0.274. The largest absolute Gasteiger partial charge is 0.573 e. The first-order valence-electron chi connectivity index (χ1n) is 10.8. The fourth-order valence-electron chi connectivity index (χ4n) is 3.21. The fourth-order valence-corrected chi connectivity index (χ4v) is 3.21. The molecule has 0 saturated heterocycles. The van der Waals surface area contributed by atoms with E-state index in [2.05, 4.69) is 31.0 Å². The summed E-state index contributed by atoms with van der Waals surface area (Å²) in [6.45, 7) is 1.79. The predicted molar refractivity (Wildman–Crippen MR) is 114 cm³/mol. The minimum atomic E-state index is -4.79. The van der Waals surface area contributed by atoms with Gasteiger partial charge < -0.3 is 25.3 Å². The highest BCUT2D eigenvalue weighted by atomic mass is 19.4. The third kappa shape index (κ3) is 7.38. The lowest BCUT2D eigenvalue weighted by atomic mass is 10.3. The first kappa shape index (κ1) is 22.9. The molecule has 1 aromatic heterocycles. The average molecular weight is 466 g/mol. The molecule has 4 rings (SSSR count). The zero-order chi connectivity index (χ0) is 23.4. The second-order valence-electron chi connectivity index (χ2n) is 8.18. The third-order valence-electron chi connectivity index (χ3n) is 5.14. The SMILES string of the molecule is O=C(Nc1ccc(OC(F)(F)F)cc1)Nc1cn(CC2CC2)c(C(=O)NCCNC2CC2)n1. The van der Waals surface area contributed by atoms with Gasteiger partial charge in [-0.2, -0.15) is 0 Å². The molecule has 4 N–H and O–H groups in total. The number of nitrogens with zero attached hydrogens (tertiary/aromatic N) is 2. The second kappa shape index (κ2) is 9.69. The van der Waals surface area contributed by atoms with Crippen LogP contribution in [0.4, 0.5) is 29.5 Å². The van der Waals surface area contributed by atoms with Gasteiger partial charge in [-0.15, -0.1) is 13.2 Å². The smallest absolute Gasteiger partial charge is 0.406 e. The highest BCUT2D eigenvalue weighted by molar-refractivity contribution is 5.99. The summed E-state index contributed by atoms with van der Waals surface area (Å²) in [6.07, 6.45) is 1.33. The highest BCUT2D eigenvalue weighted by Crippen LogP contribution is 2.31. The van der Waals surface area contributed by atoms with Crippen LogP contribution in [-0.4, -0.2) is 47.0 Å². The number of aromatic nitrogens is 2. The molecule has 3 amide bonds. The van der Waals surface area contributed by atoms with E-state index in [0.717, 1.165) is 25.0 Å². The normalized spacial score (nSPS) is 15.7. The molecule has 0 atom stereocenters. The minimum Gasteiger partial charge on any atom is -0.406 e. The zero-order valence-electron chi connectivity index (χ0n) is 17.7. The number of hydrogen-bond donors (Lipinski definition) is 4. The average Bonchev–Trinajstić information content (AvgIpc) is 3.66. The molecule has 2 aromatic rings. The summed E-state index contributed by atoms with van der Waals surface area (Å²) < 4.78 is 42.3. The molecule has 0 radical (unpaired) electrons. The van der Waals surface area contributed by atoms with E-state index in [4.69, 9.17) is 0 Å². The zero-order valence-corrected chi connectivity index (χ0v) is 17.7. The number of rotatable bonds is 10. The summed E-state index contributed by atoms with van der Waals surface area (Å²) in [7, 11) is 0. The van der Waals surface area contributed by atoms with Crippen molar-refractivity contribution in [1.82, 2.24) is 20.2 Å². The maximum absolute atomic E-state index is 12.6. The van der Waals surface area contributed by atoms with Gasteiger partial charge in [-0.3, -0.25) is 10.1 Å². The Hall–Kier alpha value is -3.28. The van der Waals surface area contributed by atoms with E-state index in [1.165, 1.54) is 25.0 Å². The number of alkyl halides is 3.